The third-order valence-electron chi connectivity index (χ3n) is 3.78. The Balaban J connectivity index is 0.00000112. The van der Waals surface area contributed by atoms with E-state index in [-0.39, 0.29) is 34.0 Å². The Hall–Kier alpha value is 0.840. The van der Waals surface area contributed by atoms with E-state index in [1.54, 1.807) is 0 Å². The van der Waals surface area contributed by atoms with E-state index < -0.39 is 0 Å². The number of likely N-dealkylation sites (tertiary alicyclic amines) is 1. The molecular weight excluding hydrogens is 334 g/mol. The first-order valence-corrected chi connectivity index (χ1v) is 5.88. The molecule has 0 spiro atoms. The number of nitrogens with one attached hydrogen (secondary N) is 1. The lowest BCUT2D eigenvalue weighted by Crippen LogP contribution is -2.46. The second-order valence-corrected chi connectivity index (χ2v) is 4.88. The van der Waals surface area contributed by atoms with E-state index in [4.69, 9.17) is 0 Å². The van der Waals surface area contributed by atoms with Gasteiger partial charge in [-0.25, -0.2) is 0 Å². The van der Waals surface area contributed by atoms with Gasteiger partial charge in [-0.15, -0.1) is 34.0 Å². The van der Waals surface area contributed by atoms with Gasteiger partial charge in [0, 0.05) is 18.6 Å². The number of nitrogens with zero attached hydrogens (tertiary/aromatic N) is 2. The molecule has 2 fully saturated rings. The van der Waals surface area contributed by atoms with E-state index in [1.165, 1.54) is 45.4 Å². The molecule has 16 heavy (non-hydrogen) atoms. The van der Waals surface area contributed by atoms with Gasteiger partial charge in [-0.05, 0) is 53.0 Å². The second kappa shape index (κ2) is 8.03. The number of piperidine rings is 1. The molecule has 0 unspecified atom stereocenters. The number of hydrogen-bond acceptors (Lipinski definition) is 3. The molecule has 2 aliphatic rings. The molecule has 5 heteroatoms. The van der Waals surface area contributed by atoms with Crippen molar-refractivity contribution >= 4 is 34.0 Å². The van der Waals surface area contributed by atoms with Crippen LogP contribution < -0.4 is 5.32 Å². The third-order valence-corrected chi connectivity index (χ3v) is 3.78. The van der Waals surface area contributed by atoms with Crippen LogP contribution in [0.4, 0.5) is 0 Å². The van der Waals surface area contributed by atoms with Gasteiger partial charge < -0.3 is 10.2 Å². The van der Waals surface area contributed by atoms with Crippen molar-refractivity contribution in [1.29, 1.82) is 0 Å². The summed E-state index contributed by atoms with van der Waals surface area (Å²) in [6, 6.07) is 1.65. The molecule has 0 bridgehead atoms. The second-order valence-electron chi connectivity index (χ2n) is 4.88. The topological polar surface area (TPSA) is 18.5 Å². The molecule has 1 atom stereocenters. The molecule has 0 aromatic rings. The van der Waals surface area contributed by atoms with Crippen molar-refractivity contribution in [3.8, 4) is 0 Å². The molecule has 0 aromatic heterocycles. The largest absolute Gasteiger partial charge is 0.315 e. The zero-order valence-corrected chi connectivity index (χ0v) is 13.7. The Morgan fingerprint density at radius 3 is 2.12 bits per heavy atom. The summed E-state index contributed by atoms with van der Waals surface area (Å²) in [6.07, 6.45) is 4.06. The van der Waals surface area contributed by atoms with E-state index in [0.29, 0.717) is 0 Å². The van der Waals surface area contributed by atoms with Crippen LogP contribution in [0.3, 0.4) is 0 Å². The molecule has 0 radical (unpaired) electrons. The molecular formula is C11H25Br2N3. The Morgan fingerprint density at radius 2 is 1.69 bits per heavy atom. The normalized spacial score (nSPS) is 27.6. The van der Waals surface area contributed by atoms with Gasteiger partial charge in [-0.3, -0.25) is 4.90 Å². The lowest BCUT2D eigenvalue weighted by Gasteiger charge is -2.38. The molecule has 2 aliphatic heterocycles. The minimum Gasteiger partial charge on any atom is -0.315 e. The van der Waals surface area contributed by atoms with Crippen LogP contribution in [0.25, 0.3) is 0 Å². The Bertz CT molecular complexity index is 176. The van der Waals surface area contributed by atoms with Gasteiger partial charge in [0.2, 0.25) is 0 Å². The first-order chi connectivity index (χ1) is 6.77. The monoisotopic (exact) mass is 357 g/mol. The summed E-state index contributed by atoms with van der Waals surface area (Å²) in [6.45, 7) is 5.04. The fraction of sp³-hybridized carbons (Fsp3) is 1.00. The average Bonchev–Trinajstić information content (AvgIpc) is 2.71. The van der Waals surface area contributed by atoms with Crippen LogP contribution >= 0.6 is 34.0 Å². The van der Waals surface area contributed by atoms with Gasteiger partial charge in [0.1, 0.15) is 0 Å². The fourth-order valence-electron chi connectivity index (χ4n) is 2.72. The number of hydrogen-bond donors (Lipinski definition) is 1. The molecule has 0 aliphatic carbocycles. The van der Waals surface area contributed by atoms with Gasteiger partial charge in [-0.2, -0.15) is 0 Å². The van der Waals surface area contributed by atoms with Crippen LogP contribution in [0.5, 0.6) is 0 Å². The SMILES string of the molecule is Br.Br.CN(C)C1CCN([C@H]2CCNC2)CC1. The van der Waals surface area contributed by atoms with E-state index in [2.05, 4.69) is 29.2 Å². The Morgan fingerprint density at radius 1 is 1.06 bits per heavy atom. The van der Waals surface area contributed by atoms with E-state index in [9.17, 15) is 0 Å². The number of halogens is 2. The first kappa shape index (κ1) is 16.8. The van der Waals surface area contributed by atoms with Crippen LogP contribution in [0.2, 0.25) is 0 Å². The summed E-state index contributed by atoms with van der Waals surface area (Å²) in [5, 5.41) is 3.45. The highest BCUT2D eigenvalue weighted by atomic mass is 79.9. The predicted molar refractivity (Wildman–Crippen MR) is 80.2 cm³/mol. The molecule has 3 nitrogen and oxygen atoms in total. The minimum atomic E-state index is 0. The molecule has 0 amide bonds. The van der Waals surface area contributed by atoms with E-state index in [1.807, 2.05) is 0 Å². The van der Waals surface area contributed by atoms with Crippen molar-refractivity contribution in [2.45, 2.75) is 31.3 Å². The van der Waals surface area contributed by atoms with Crippen molar-refractivity contribution < 1.29 is 0 Å². The van der Waals surface area contributed by atoms with Gasteiger partial charge in [0.15, 0.2) is 0 Å². The highest BCUT2D eigenvalue weighted by Gasteiger charge is 2.27. The van der Waals surface area contributed by atoms with E-state index in [0.717, 1.165) is 12.1 Å². The maximum absolute atomic E-state index is 3.45. The summed E-state index contributed by atoms with van der Waals surface area (Å²) in [4.78, 5) is 5.06. The molecule has 2 saturated heterocycles. The standard InChI is InChI=1S/C11H23N3.2BrH/c1-13(2)10-4-7-14(8-5-10)11-3-6-12-9-11;;/h10-12H,3-9H2,1-2H3;2*1H/t11-;;/m0../s1. The van der Waals surface area contributed by atoms with Crippen molar-refractivity contribution in [3.63, 3.8) is 0 Å². The zero-order chi connectivity index (χ0) is 9.97. The average molecular weight is 359 g/mol. The van der Waals surface area contributed by atoms with Crippen molar-refractivity contribution in [2.75, 3.05) is 40.3 Å². The van der Waals surface area contributed by atoms with Crippen LogP contribution in [0.15, 0.2) is 0 Å². The van der Waals surface area contributed by atoms with Crippen LogP contribution in [-0.2, 0) is 0 Å². The lowest BCUT2D eigenvalue weighted by atomic mass is 10.0. The predicted octanol–water partition coefficient (Wildman–Crippen LogP) is 1.53. The first-order valence-electron chi connectivity index (χ1n) is 5.88. The highest BCUT2D eigenvalue weighted by molar-refractivity contribution is 8.93. The van der Waals surface area contributed by atoms with Gasteiger partial charge in [0.25, 0.3) is 0 Å². The summed E-state index contributed by atoms with van der Waals surface area (Å²) in [7, 11) is 4.41. The minimum absolute atomic E-state index is 0. The lowest BCUT2D eigenvalue weighted by molar-refractivity contribution is 0.115. The van der Waals surface area contributed by atoms with Crippen molar-refractivity contribution in [2.24, 2.45) is 0 Å². The summed E-state index contributed by atoms with van der Waals surface area (Å²) in [5.41, 5.74) is 0. The zero-order valence-electron chi connectivity index (χ0n) is 10.3. The Labute approximate surface area is 120 Å². The number of rotatable bonds is 2. The highest BCUT2D eigenvalue weighted by Crippen LogP contribution is 2.18. The molecule has 98 valence electrons. The maximum Gasteiger partial charge on any atom is 0.0232 e. The quantitative estimate of drug-likeness (QED) is 0.807. The smallest absolute Gasteiger partial charge is 0.0232 e. The van der Waals surface area contributed by atoms with Crippen molar-refractivity contribution in [1.82, 2.24) is 15.1 Å². The fourth-order valence-corrected chi connectivity index (χ4v) is 2.72. The maximum atomic E-state index is 3.45. The third kappa shape index (κ3) is 4.26. The molecule has 0 aromatic carbocycles. The van der Waals surface area contributed by atoms with Crippen LogP contribution in [0.1, 0.15) is 19.3 Å². The molecule has 2 rings (SSSR count). The van der Waals surface area contributed by atoms with Gasteiger partial charge in [-0.1, -0.05) is 0 Å². The summed E-state index contributed by atoms with van der Waals surface area (Å²) >= 11 is 0. The van der Waals surface area contributed by atoms with Crippen LogP contribution in [-0.4, -0.2) is 62.2 Å². The molecule has 0 saturated carbocycles. The molecule has 1 N–H and O–H groups in total. The van der Waals surface area contributed by atoms with Crippen molar-refractivity contribution in [3.05, 3.63) is 0 Å². The van der Waals surface area contributed by atoms with Gasteiger partial charge >= 0.3 is 0 Å². The summed E-state index contributed by atoms with van der Waals surface area (Å²) in [5.74, 6) is 0. The van der Waals surface area contributed by atoms with Gasteiger partial charge in [0.05, 0.1) is 0 Å². The molecule has 2 heterocycles. The Kier molecular flexibility index (Phi) is 8.45. The van der Waals surface area contributed by atoms with E-state index >= 15 is 0 Å². The van der Waals surface area contributed by atoms with Crippen LogP contribution in [0, 0.1) is 0 Å². The summed E-state index contributed by atoms with van der Waals surface area (Å²) < 4.78 is 0.